The Morgan fingerprint density at radius 2 is 2.14 bits per heavy atom. The monoisotopic (exact) mass is 389 g/mol. The number of hydrogen-bond donors (Lipinski definition) is 1. The molecule has 1 aromatic heterocycles. The van der Waals surface area contributed by atoms with Gasteiger partial charge in [0.05, 0.1) is 6.54 Å². The second kappa shape index (κ2) is 9.05. The van der Waals surface area contributed by atoms with Crippen molar-refractivity contribution >= 4 is 11.7 Å². The van der Waals surface area contributed by atoms with Crippen molar-refractivity contribution in [2.75, 3.05) is 25.9 Å². The second-order valence-corrected chi connectivity index (χ2v) is 7.20. The van der Waals surface area contributed by atoms with Crippen molar-refractivity contribution < 1.29 is 13.6 Å². The molecular weight excluding hydrogens is 364 g/mol. The number of nitrogens with zero attached hydrogens (tertiary/aromatic N) is 4. The van der Waals surface area contributed by atoms with Gasteiger partial charge >= 0.3 is 0 Å². The van der Waals surface area contributed by atoms with Crippen LogP contribution in [0.4, 0.5) is 14.6 Å². The SMILES string of the molecule is CN(Cc1nccc(N)n1)C1CCN(C(=O)CCCc2ccc(F)c(F)c2)C1. The zero-order chi connectivity index (χ0) is 20.1. The third-order valence-electron chi connectivity index (χ3n) is 5.10. The van der Waals surface area contributed by atoms with Crippen LogP contribution in [-0.2, 0) is 17.8 Å². The van der Waals surface area contributed by atoms with Gasteiger partial charge in [0, 0.05) is 31.7 Å². The van der Waals surface area contributed by atoms with Gasteiger partial charge in [-0.15, -0.1) is 0 Å². The van der Waals surface area contributed by atoms with E-state index in [2.05, 4.69) is 14.9 Å². The number of rotatable bonds is 7. The zero-order valence-corrected chi connectivity index (χ0v) is 15.9. The minimum atomic E-state index is -0.851. The molecule has 150 valence electrons. The number of hydrogen-bond acceptors (Lipinski definition) is 5. The number of carbonyl (C=O) groups excluding carboxylic acids is 1. The number of aryl methyl sites for hydroxylation is 1. The van der Waals surface area contributed by atoms with Crippen LogP contribution in [0.25, 0.3) is 0 Å². The minimum Gasteiger partial charge on any atom is -0.384 e. The Morgan fingerprint density at radius 1 is 1.32 bits per heavy atom. The van der Waals surface area contributed by atoms with Gasteiger partial charge in [-0.2, -0.15) is 0 Å². The molecule has 2 N–H and O–H groups in total. The van der Waals surface area contributed by atoms with Crippen LogP contribution in [0, 0.1) is 11.6 Å². The minimum absolute atomic E-state index is 0.0960. The van der Waals surface area contributed by atoms with Crippen LogP contribution in [0.5, 0.6) is 0 Å². The number of nitrogen functional groups attached to an aromatic ring is 1. The summed E-state index contributed by atoms with van der Waals surface area (Å²) in [4.78, 5) is 24.9. The molecule has 1 amide bonds. The molecule has 3 rings (SSSR count). The van der Waals surface area contributed by atoms with Crippen molar-refractivity contribution in [2.45, 2.75) is 38.3 Å². The Morgan fingerprint density at radius 3 is 2.89 bits per heavy atom. The van der Waals surface area contributed by atoms with E-state index < -0.39 is 11.6 Å². The largest absolute Gasteiger partial charge is 0.384 e. The molecule has 1 saturated heterocycles. The maximum Gasteiger partial charge on any atom is 0.222 e. The van der Waals surface area contributed by atoms with Crippen molar-refractivity contribution in [3.05, 3.63) is 53.5 Å². The summed E-state index contributed by atoms with van der Waals surface area (Å²) < 4.78 is 26.2. The van der Waals surface area contributed by atoms with E-state index in [1.807, 2.05) is 11.9 Å². The standard InChI is InChI=1S/C20H25F2N5O/c1-26(13-19-24-9-7-18(23)25-19)15-8-10-27(12-15)20(28)4-2-3-14-5-6-16(21)17(22)11-14/h5-7,9,11,15H,2-4,8,10,12-13H2,1H3,(H2,23,24,25). The number of halogens is 2. The van der Waals surface area contributed by atoms with Gasteiger partial charge in [-0.3, -0.25) is 9.69 Å². The van der Waals surface area contributed by atoms with Gasteiger partial charge < -0.3 is 10.6 Å². The average Bonchev–Trinajstić information content (AvgIpc) is 3.15. The van der Waals surface area contributed by atoms with Crippen molar-refractivity contribution in [1.82, 2.24) is 19.8 Å². The molecule has 28 heavy (non-hydrogen) atoms. The number of likely N-dealkylation sites (tertiary alicyclic amines) is 1. The molecule has 6 nitrogen and oxygen atoms in total. The molecule has 1 atom stereocenters. The first-order valence-electron chi connectivity index (χ1n) is 9.41. The van der Waals surface area contributed by atoms with Crippen molar-refractivity contribution in [2.24, 2.45) is 0 Å². The van der Waals surface area contributed by atoms with E-state index in [0.29, 0.717) is 49.6 Å². The van der Waals surface area contributed by atoms with Gasteiger partial charge in [-0.25, -0.2) is 18.7 Å². The van der Waals surface area contributed by atoms with Gasteiger partial charge in [-0.05, 0) is 50.1 Å². The molecule has 2 aromatic rings. The molecule has 8 heteroatoms. The first-order valence-corrected chi connectivity index (χ1v) is 9.41. The molecule has 0 aliphatic carbocycles. The summed E-state index contributed by atoms with van der Waals surface area (Å²) in [6.45, 7) is 1.97. The fourth-order valence-electron chi connectivity index (χ4n) is 3.47. The summed E-state index contributed by atoms with van der Waals surface area (Å²) in [7, 11) is 1.99. The van der Waals surface area contributed by atoms with E-state index in [4.69, 9.17) is 5.73 Å². The lowest BCUT2D eigenvalue weighted by atomic mass is 10.1. The summed E-state index contributed by atoms with van der Waals surface area (Å²) in [6, 6.07) is 5.78. The molecule has 1 unspecified atom stereocenters. The van der Waals surface area contributed by atoms with Crippen molar-refractivity contribution in [3.63, 3.8) is 0 Å². The lowest BCUT2D eigenvalue weighted by Gasteiger charge is -2.24. The lowest BCUT2D eigenvalue weighted by Crippen LogP contribution is -2.36. The van der Waals surface area contributed by atoms with Crippen LogP contribution in [0.3, 0.4) is 0 Å². The average molecular weight is 389 g/mol. The number of aromatic nitrogens is 2. The van der Waals surface area contributed by atoms with Gasteiger partial charge in [0.15, 0.2) is 11.6 Å². The van der Waals surface area contributed by atoms with E-state index in [9.17, 15) is 13.6 Å². The van der Waals surface area contributed by atoms with Crippen LogP contribution in [0.15, 0.2) is 30.5 Å². The summed E-state index contributed by atoms with van der Waals surface area (Å²) in [5.74, 6) is -0.491. The molecule has 0 radical (unpaired) electrons. The van der Waals surface area contributed by atoms with Crippen molar-refractivity contribution in [1.29, 1.82) is 0 Å². The quantitative estimate of drug-likeness (QED) is 0.787. The first-order chi connectivity index (χ1) is 13.4. The Labute approximate surface area is 163 Å². The Hall–Kier alpha value is -2.61. The van der Waals surface area contributed by atoms with E-state index >= 15 is 0 Å². The highest BCUT2D eigenvalue weighted by Crippen LogP contribution is 2.18. The third kappa shape index (κ3) is 5.22. The predicted octanol–water partition coefficient (Wildman–Crippen LogP) is 2.39. The summed E-state index contributed by atoms with van der Waals surface area (Å²) in [6.07, 6.45) is 4.09. The molecule has 2 heterocycles. The van der Waals surface area contributed by atoms with Crippen LogP contribution in [-0.4, -0.2) is 51.9 Å². The highest BCUT2D eigenvalue weighted by molar-refractivity contribution is 5.76. The predicted molar refractivity (Wildman–Crippen MR) is 102 cm³/mol. The Bertz CT molecular complexity index is 832. The fraction of sp³-hybridized carbons (Fsp3) is 0.450. The number of nitrogens with two attached hydrogens (primary N) is 1. The van der Waals surface area contributed by atoms with Crippen LogP contribution < -0.4 is 5.73 Å². The molecule has 0 spiro atoms. The Balaban J connectivity index is 1.43. The highest BCUT2D eigenvalue weighted by atomic mass is 19.2. The number of carbonyl (C=O) groups is 1. The van der Waals surface area contributed by atoms with E-state index in [1.54, 1.807) is 18.3 Å². The third-order valence-corrected chi connectivity index (χ3v) is 5.10. The zero-order valence-electron chi connectivity index (χ0n) is 15.9. The van der Waals surface area contributed by atoms with Crippen LogP contribution >= 0.6 is 0 Å². The number of benzene rings is 1. The fourth-order valence-corrected chi connectivity index (χ4v) is 3.47. The molecule has 1 fully saturated rings. The van der Waals surface area contributed by atoms with Crippen LogP contribution in [0.2, 0.25) is 0 Å². The topological polar surface area (TPSA) is 75.4 Å². The number of likely N-dealkylation sites (N-methyl/N-ethyl adjacent to an activating group) is 1. The molecule has 0 bridgehead atoms. The summed E-state index contributed by atoms with van der Waals surface area (Å²) in [5.41, 5.74) is 6.39. The van der Waals surface area contributed by atoms with E-state index in [-0.39, 0.29) is 11.9 Å². The maximum atomic E-state index is 13.2. The molecule has 1 aromatic carbocycles. The molecule has 1 aliphatic heterocycles. The van der Waals surface area contributed by atoms with Gasteiger partial charge in [0.1, 0.15) is 11.6 Å². The van der Waals surface area contributed by atoms with Gasteiger partial charge in [0.2, 0.25) is 5.91 Å². The molecule has 0 saturated carbocycles. The van der Waals surface area contributed by atoms with Gasteiger partial charge in [0.25, 0.3) is 0 Å². The normalized spacial score (nSPS) is 16.7. The van der Waals surface area contributed by atoms with Crippen LogP contribution in [0.1, 0.15) is 30.7 Å². The van der Waals surface area contributed by atoms with Crippen molar-refractivity contribution in [3.8, 4) is 0 Å². The molecular formula is C20H25F2N5O. The highest BCUT2D eigenvalue weighted by Gasteiger charge is 2.28. The first kappa shape index (κ1) is 20.1. The molecule has 1 aliphatic rings. The number of anilines is 1. The summed E-state index contributed by atoms with van der Waals surface area (Å²) in [5, 5.41) is 0. The lowest BCUT2D eigenvalue weighted by molar-refractivity contribution is -0.130. The summed E-state index contributed by atoms with van der Waals surface area (Å²) >= 11 is 0. The second-order valence-electron chi connectivity index (χ2n) is 7.20. The smallest absolute Gasteiger partial charge is 0.222 e. The maximum absolute atomic E-state index is 13.2. The number of amides is 1. The van der Waals surface area contributed by atoms with E-state index in [1.165, 1.54) is 6.07 Å². The van der Waals surface area contributed by atoms with Gasteiger partial charge in [-0.1, -0.05) is 6.07 Å². The Kier molecular flexibility index (Phi) is 6.51. The van der Waals surface area contributed by atoms with E-state index in [0.717, 1.165) is 19.0 Å².